The van der Waals surface area contributed by atoms with Crippen molar-refractivity contribution in [2.75, 3.05) is 0 Å². The van der Waals surface area contributed by atoms with Crippen LogP contribution in [0.1, 0.15) is 45.9 Å². The smallest absolute Gasteiger partial charge is 0.219 e. The third-order valence-corrected chi connectivity index (χ3v) is 6.06. The maximum atomic E-state index is 10.3. The van der Waals surface area contributed by atoms with Gasteiger partial charge in [0.2, 0.25) is 5.88 Å². The van der Waals surface area contributed by atoms with Crippen molar-refractivity contribution >= 4 is 21.8 Å². The van der Waals surface area contributed by atoms with E-state index in [0.29, 0.717) is 17.3 Å². The van der Waals surface area contributed by atoms with Crippen LogP contribution in [0.15, 0.2) is 79.0 Å². The van der Waals surface area contributed by atoms with Crippen LogP contribution in [0.2, 0.25) is 0 Å². The van der Waals surface area contributed by atoms with E-state index in [2.05, 4.69) is 72.8 Å². The Morgan fingerprint density at radius 1 is 0.794 bits per heavy atom. The summed E-state index contributed by atoms with van der Waals surface area (Å²) in [5.74, 6) is 1.98. The Balaban J connectivity index is 1.67. The van der Waals surface area contributed by atoms with Crippen molar-refractivity contribution in [1.82, 2.24) is 14.5 Å². The second-order valence-electron chi connectivity index (χ2n) is 10.2. The van der Waals surface area contributed by atoms with Gasteiger partial charge in [-0.3, -0.25) is 4.57 Å². The first kappa shape index (κ1) is 22.1. The van der Waals surface area contributed by atoms with Gasteiger partial charge in [0.15, 0.2) is 0 Å². The van der Waals surface area contributed by atoms with E-state index in [4.69, 9.17) is 9.72 Å². The van der Waals surface area contributed by atoms with E-state index in [-0.39, 0.29) is 5.41 Å². The number of para-hydroxylation sites is 1. The van der Waals surface area contributed by atoms with Gasteiger partial charge in [-0.15, -0.1) is 0 Å². The molecule has 3 heterocycles. The number of pyridine rings is 2. The fourth-order valence-electron chi connectivity index (χ4n) is 4.20. The number of aliphatic hydroxyl groups is 1. The molecule has 3 aromatic heterocycles. The molecule has 0 bridgehead atoms. The topological polar surface area (TPSA) is 60.2 Å². The molecule has 34 heavy (non-hydrogen) atoms. The Morgan fingerprint density at radius 3 is 2.32 bits per heavy atom. The first-order chi connectivity index (χ1) is 16.1. The molecule has 0 spiro atoms. The molecule has 0 unspecified atom stereocenters. The molecule has 5 heteroatoms. The van der Waals surface area contributed by atoms with Crippen LogP contribution in [0.25, 0.3) is 27.6 Å². The number of nitrogens with zero attached hydrogens (tertiary/aromatic N) is 3. The summed E-state index contributed by atoms with van der Waals surface area (Å²) in [5.41, 5.74) is 2.86. The summed E-state index contributed by atoms with van der Waals surface area (Å²) >= 11 is 0. The van der Waals surface area contributed by atoms with Crippen LogP contribution in [0.4, 0.5) is 0 Å². The molecule has 0 amide bonds. The van der Waals surface area contributed by atoms with Crippen molar-refractivity contribution in [2.45, 2.75) is 45.6 Å². The van der Waals surface area contributed by atoms with Crippen molar-refractivity contribution in [3.63, 3.8) is 0 Å². The number of aromatic nitrogens is 3. The quantitative estimate of drug-likeness (QED) is 0.323. The number of benzene rings is 2. The lowest BCUT2D eigenvalue weighted by Gasteiger charge is -2.20. The van der Waals surface area contributed by atoms with Crippen LogP contribution in [-0.4, -0.2) is 19.6 Å². The van der Waals surface area contributed by atoms with Crippen molar-refractivity contribution in [3.05, 3.63) is 90.3 Å². The van der Waals surface area contributed by atoms with Crippen LogP contribution >= 0.6 is 0 Å². The second kappa shape index (κ2) is 7.96. The van der Waals surface area contributed by atoms with Gasteiger partial charge in [0, 0.05) is 29.1 Å². The van der Waals surface area contributed by atoms with E-state index in [1.54, 1.807) is 26.0 Å². The lowest BCUT2D eigenvalue weighted by molar-refractivity contribution is 0.0733. The summed E-state index contributed by atoms with van der Waals surface area (Å²) < 4.78 is 8.32. The Labute approximate surface area is 199 Å². The fourth-order valence-corrected chi connectivity index (χ4v) is 4.20. The van der Waals surface area contributed by atoms with Gasteiger partial charge >= 0.3 is 0 Å². The summed E-state index contributed by atoms with van der Waals surface area (Å²) in [7, 11) is 0. The van der Waals surface area contributed by atoms with E-state index < -0.39 is 5.60 Å². The number of hydrogen-bond donors (Lipinski definition) is 1. The van der Waals surface area contributed by atoms with Crippen LogP contribution in [0.3, 0.4) is 0 Å². The third-order valence-electron chi connectivity index (χ3n) is 6.06. The average Bonchev–Trinajstić information content (AvgIpc) is 3.12. The highest BCUT2D eigenvalue weighted by molar-refractivity contribution is 6.09. The molecule has 0 saturated heterocycles. The molecule has 0 aliphatic rings. The van der Waals surface area contributed by atoms with Gasteiger partial charge in [-0.05, 0) is 61.2 Å². The molecular formula is C29H29N3O2. The molecule has 0 saturated carbocycles. The zero-order valence-corrected chi connectivity index (χ0v) is 20.2. The van der Waals surface area contributed by atoms with Crippen molar-refractivity contribution < 1.29 is 9.84 Å². The monoisotopic (exact) mass is 451 g/mol. The number of hydrogen-bond acceptors (Lipinski definition) is 4. The number of rotatable bonds is 4. The molecule has 0 radical (unpaired) electrons. The van der Waals surface area contributed by atoms with E-state index in [1.165, 1.54) is 5.56 Å². The Morgan fingerprint density at radius 2 is 1.56 bits per heavy atom. The minimum absolute atomic E-state index is 0.0158. The molecule has 172 valence electrons. The highest BCUT2D eigenvalue weighted by Crippen LogP contribution is 2.35. The molecule has 0 atom stereocenters. The Hall–Kier alpha value is -3.70. The van der Waals surface area contributed by atoms with Gasteiger partial charge < -0.3 is 9.84 Å². The number of ether oxygens (including phenoxy) is 1. The molecule has 0 aliphatic heterocycles. The third kappa shape index (κ3) is 4.03. The van der Waals surface area contributed by atoms with Gasteiger partial charge in [-0.25, -0.2) is 9.97 Å². The average molecular weight is 452 g/mol. The van der Waals surface area contributed by atoms with E-state index in [1.807, 2.05) is 24.4 Å². The van der Waals surface area contributed by atoms with Crippen LogP contribution < -0.4 is 4.74 Å². The summed E-state index contributed by atoms with van der Waals surface area (Å²) in [5, 5.41) is 12.6. The molecule has 5 nitrogen and oxygen atoms in total. The summed E-state index contributed by atoms with van der Waals surface area (Å²) in [6.07, 6.45) is 1.88. The van der Waals surface area contributed by atoms with Gasteiger partial charge in [-0.1, -0.05) is 45.0 Å². The van der Waals surface area contributed by atoms with Crippen LogP contribution in [0, 0.1) is 0 Å². The summed E-state index contributed by atoms with van der Waals surface area (Å²) in [6.45, 7) is 10.0. The zero-order valence-electron chi connectivity index (χ0n) is 20.2. The SMILES string of the molecule is CC(C)(C)c1ccnc(-n2c3ccccc3c3ccc(Oc4cccc(C(C)(C)O)n4)cc32)c1. The van der Waals surface area contributed by atoms with E-state index in [0.717, 1.165) is 27.6 Å². The maximum absolute atomic E-state index is 10.3. The lowest BCUT2D eigenvalue weighted by Crippen LogP contribution is -2.17. The van der Waals surface area contributed by atoms with E-state index in [9.17, 15) is 5.11 Å². The molecule has 2 aromatic carbocycles. The van der Waals surface area contributed by atoms with Gasteiger partial charge in [0.25, 0.3) is 0 Å². The summed E-state index contributed by atoms with van der Waals surface area (Å²) in [6, 6.07) is 24.1. The Kier molecular flexibility index (Phi) is 5.18. The minimum atomic E-state index is -1.04. The first-order valence-corrected chi connectivity index (χ1v) is 11.5. The van der Waals surface area contributed by atoms with Crippen LogP contribution in [-0.2, 0) is 11.0 Å². The van der Waals surface area contributed by atoms with Crippen molar-refractivity contribution in [2.24, 2.45) is 0 Å². The highest BCUT2D eigenvalue weighted by atomic mass is 16.5. The lowest BCUT2D eigenvalue weighted by atomic mass is 9.88. The van der Waals surface area contributed by atoms with Gasteiger partial charge in [-0.2, -0.15) is 0 Å². The highest BCUT2D eigenvalue weighted by Gasteiger charge is 2.20. The molecule has 5 aromatic rings. The molecule has 0 fully saturated rings. The molecule has 1 N–H and O–H groups in total. The second-order valence-corrected chi connectivity index (χ2v) is 10.2. The maximum Gasteiger partial charge on any atom is 0.219 e. The molecule has 0 aliphatic carbocycles. The Bertz CT molecular complexity index is 1500. The number of fused-ring (bicyclic) bond motifs is 3. The first-order valence-electron chi connectivity index (χ1n) is 11.5. The summed E-state index contributed by atoms with van der Waals surface area (Å²) in [4.78, 5) is 9.22. The molecule has 5 rings (SSSR count). The van der Waals surface area contributed by atoms with Crippen LogP contribution in [0.5, 0.6) is 11.6 Å². The normalized spacial score (nSPS) is 12.4. The predicted octanol–water partition coefficient (Wildman–Crippen LogP) is 6.89. The largest absolute Gasteiger partial charge is 0.439 e. The minimum Gasteiger partial charge on any atom is -0.439 e. The van der Waals surface area contributed by atoms with Crippen molar-refractivity contribution in [3.8, 4) is 17.4 Å². The van der Waals surface area contributed by atoms with Gasteiger partial charge in [0.1, 0.15) is 17.2 Å². The van der Waals surface area contributed by atoms with Gasteiger partial charge in [0.05, 0.1) is 16.7 Å². The van der Waals surface area contributed by atoms with E-state index >= 15 is 0 Å². The standard InChI is InChI=1S/C29H29N3O2/c1-28(2,3)19-15-16-30-26(17-19)32-23-10-7-6-9-21(23)22-14-13-20(18-24(22)32)34-27-12-8-11-25(31-27)29(4,5)33/h6-18,33H,1-5H3. The predicted molar refractivity (Wildman–Crippen MR) is 137 cm³/mol. The zero-order chi connectivity index (χ0) is 24.1. The van der Waals surface area contributed by atoms with Crippen molar-refractivity contribution in [1.29, 1.82) is 0 Å². The molecular weight excluding hydrogens is 422 g/mol. The fraction of sp³-hybridized carbons (Fsp3) is 0.241.